The van der Waals surface area contributed by atoms with E-state index in [1.54, 1.807) is 24.3 Å². The molecule has 20 nitrogen and oxygen atoms in total. The highest BCUT2D eigenvalue weighted by molar-refractivity contribution is 5.88. The number of fused-ring (bicyclic) bond motifs is 1. The molecule has 61 heavy (non-hydrogen) atoms. The van der Waals surface area contributed by atoms with Crippen LogP contribution in [0.1, 0.15) is 48.5 Å². The predicted octanol–water partition coefficient (Wildman–Crippen LogP) is 2.93. The van der Waals surface area contributed by atoms with Crippen LogP contribution < -0.4 is 19.6 Å². The Morgan fingerprint density at radius 1 is 0.590 bits per heavy atom. The molecule has 10 atom stereocenters. The summed E-state index contributed by atoms with van der Waals surface area (Å²) in [5, 5.41) is 0.0487. The van der Waals surface area contributed by atoms with Gasteiger partial charge < -0.3 is 61.3 Å². The summed E-state index contributed by atoms with van der Waals surface area (Å²) in [5.41, 5.74) is 0.164. The van der Waals surface area contributed by atoms with Crippen molar-refractivity contribution in [2.75, 3.05) is 20.8 Å². The highest BCUT2D eigenvalue weighted by Crippen LogP contribution is 2.40. The van der Waals surface area contributed by atoms with Crippen molar-refractivity contribution >= 4 is 46.8 Å². The van der Waals surface area contributed by atoms with Crippen molar-refractivity contribution in [3.05, 3.63) is 52.9 Å². The zero-order valence-electron chi connectivity index (χ0n) is 34.7. The Kier molecular flexibility index (Phi) is 14.9. The van der Waals surface area contributed by atoms with E-state index in [9.17, 15) is 33.6 Å². The van der Waals surface area contributed by atoms with E-state index >= 15 is 0 Å². The Balaban J connectivity index is 1.57. The number of esters is 6. The highest BCUT2D eigenvalue weighted by Gasteiger charge is 2.55. The van der Waals surface area contributed by atoms with E-state index in [4.69, 9.17) is 61.3 Å². The lowest BCUT2D eigenvalue weighted by Crippen LogP contribution is -2.64. The van der Waals surface area contributed by atoms with E-state index in [-0.39, 0.29) is 28.0 Å². The number of benzene rings is 2. The third-order valence-electron chi connectivity index (χ3n) is 9.27. The molecule has 1 aromatic heterocycles. The standard InChI is InChI=1S/C41H46O20/c1-18-32(54-19(2)42)36(56-21(4)44)38(58-23(6)46)40(53-18)52-17-30-35(55-20(3)43)37(57-22(5)45)39(59-24(7)47)41(60-30)61-34-29(50-9)15-14-27-31(48)28(16-51-33(27)34)25-10-12-26(49-8)13-11-25/h10-16,18,30,32,35-41H,17H2,1-9H3/t18-,30-,32-,35-,36+,37+,38+,39-,40+,41+/m1/s1. The zero-order chi connectivity index (χ0) is 44.7. The molecule has 3 heterocycles. The van der Waals surface area contributed by atoms with E-state index in [0.717, 1.165) is 41.5 Å². The Bertz CT molecular complexity index is 2160. The molecule has 5 rings (SSSR count). The monoisotopic (exact) mass is 858 g/mol. The Hall–Kier alpha value is -6.25. The van der Waals surface area contributed by atoms with Crippen LogP contribution in [0.2, 0.25) is 0 Å². The summed E-state index contributed by atoms with van der Waals surface area (Å²) in [6.07, 6.45) is -13.7. The van der Waals surface area contributed by atoms with Crippen LogP contribution in [0.25, 0.3) is 22.1 Å². The van der Waals surface area contributed by atoms with Crippen LogP contribution in [0.5, 0.6) is 17.2 Å². The van der Waals surface area contributed by atoms with Crippen molar-refractivity contribution in [2.24, 2.45) is 0 Å². The summed E-state index contributed by atoms with van der Waals surface area (Å²) >= 11 is 0. The summed E-state index contributed by atoms with van der Waals surface area (Å²) in [6.45, 7) is 7.34. The minimum Gasteiger partial charge on any atom is -0.497 e. The quantitative estimate of drug-likeness (QED) is 0.167. The van der Waals surface area contributed by atoms with Gasteiger partial charge in [-0.1, -0.05) is 12.1 Å². The van der Waals surface area contributed by atoms with E-state index < -0.39 is 109 Å². The maximum absolute atomic E-state index is 13.9. The molecular formula is C41H46O20. The summed E-state index contributed by atoms with van der Waals surface area (Å²) in [5.74, 6) is -4.65. The Morgan fingerprint density at radius 2 is 1.10 bits per heavy atom. The van der Waals surface area contributed by atoms with Crippen molar-refractivity contribution < 1.29 is 90.0 Å². The first-order chi connectivity index (χ1) is 28.9. The van der Waals surface area contributed by atoms with E-state index in [0.29, 0.717) is 11.3 Å². The van der Waals surface area contributed by atoms with Crippen LogP contribution in [0.15, 0.2) is 51.9 Å². The molecule has 2 fully saturated rings. The summed E-state index contributed by atoms with van der Waals surface area (Å²) in [6, 6.07) is 9.60. The molecule has 0 radical (unpaired) electrons. The number of carbonyl (C=O) groups is 6. The Labute approximate surface area is 348 Å². The van der Waals surface area contributed by atoms with Gasteiger partial charge in [0.1, 0.15) is 18.1 Å². The molecule has 0 N–H and O–H groups in total. The molecule has 2 aromatic carbocycles. The van der Waals surface area contributed by atoms with Gasteiger partial charge in [0.05, 0.1) is 37.9 Å². The SMILES string of the molecule is COc1ccc(-c2coc3c(O[C@@H]4O[C@H](CO[C@H]5O[C@H](C)[C@@H](OC(C)=O)[C@H](OC(C)=O)[C@@H]5OC(C)=O)[C@@H](OC(C)=O)[C@H](OC(C)=O)[C@H]4OC(C)=O)c(OC)ccc3c2=O)cc1. The fourth-order valence-electron chi connectivity index (χ4n) is 6.89. The molecule has 3 aromatic rings. The van der Waals surface area contributed by atoms with Gasteiger partial charge >= 0.3 is 35.8 Å². The fraction of sp³-hybridized carbons (Fsp3) is 0.488. The second kappa shape index (κ2) is 19.9. The van der Waals surface area contributed by atoms with Gasteiger partial charge in [-0.3, -0.25) is 33.6 Å². The molecule has 0 spiro atoms. The topological polar surface area (TPSA) is 243 Å². The molecule has 330 valence electrons. The number of hydrogen-bond acceptors (Lipinski definition) is 20. The summed E-state index contributed by atoms with van der Waals surface area (Å²) < 4.78 is 74.7. The van der Waals surface area contributed by atoms with Crippen molar-refractivity contribution in [1.29, 1.82) is 0 Å². The first kappa shape index (κ1) is 45.8. The molecule has 2 aliphatic rings. The van der Waals surface area contributed by atoms with Crippen molar-refractivity contribution in [2.45, 2.75) is 110 Å². The van der Waals surface area contributed by atoms with E-state index in [2.05, 4.69) is 0 Å². The average molecular weight is 859 g/mol. The third kappa shape index (κ3) is 10.9. The molecule has 0 bridgehead atoms. The van der Waals surface area contributed by atoms with Crippen molar-refractivity contribution in [3.63, 3.8) is 0 Å². The van der Waals surface area contributed by atoms with Gasteiger partial charge in [0.2, 0.25) is 23.6 Å². The largest absolute Gasteiger partial charge is 0.497 e. The normalized spacial score (nSPS) is 25.9. The van der Waals surface area contributed by atoms with Gasteiger partial charge in [-0.2, -0.15) is 0 Å². The molecule has 0 amide bonds. The zero-order valence-corrected chi connectivity index (χ0v) is 34.7. The molecule has 2 aliphatic heterocycles. The first-order valence-corrected chi connectivity index (χ1v) is 18.8. The number of hydrogen-bond donors (Lipinski definition) is 0. The molecular weight excluding hydrogens is 812 g/mol. The second-order valence-corrected chi connectivity index (χ2v) is 13.8. The van der Waals surface area contributed by atoms with Crippen LogP contribution in [0.3, 0.4) is 0 Å². The summed E-state index contributed by atoms with van der Waals surface area (Å²) in [7, 11) is 2.83. The van der Waals surface area contributed by atoms with Crippen LogP contribution >= 0.6 is 0 Å². The average Bonchev–Trinajstić information content (AvgIpc) is 3.18. The number of carbonyl (C=O) groups excluding carboxylic acids is 6. The minimum absolute atomic E-state index is 0.0321. The van der Waals surface area contributed by atoms with Gasteiger partial charge in [0.15, 0.2) is 48.1 Å². The van der Waals surface area contributed by atoms with Crippen LogP contribution in [-0.4, -0.2) is 118 Å². The number of ether oxygens (including phenoxy) is 12. The van der Waals surface area contributed by atoms with Crippen LogP contribution in [0.4, 0.5) is 0 Å². The molecule has 0 saturated carbocycles. The minimum atomic E-state index is -1.75. The lowest BCUT2D eigenvalue weighted by atomic mass is 9.97. The van der Waals surface area contributed by atoms with Gasteiger partial charge in [-0.05, 0) is 36.8 Å². The fourth-order valence-corrected chi connectivity index (χ4v) is 6.89. The molecule has 0 aliphatic carbocycles. The van der Waals surface area contributed by atoms with Crippen molar-refractivity contribution in [3.8, 4) is 28.4 Å². The third-order valence-corrected chi connectivity index (χ3v) is 9.27. The smallest absolute Gasteiger partial charge is 0.303 e. The number of rotatable bonds is 14. The molecule has 0 unspecified atom stereocenters. The Morgan fingerprint density at radius 3 is 1.64 bits per heavy atom. The lowest BCUT2D eigenvalue weighted by molar-refractivity contribution is -0.323. The van der Waals surface area contributed by atoms with E-state index in [1.165, 1.54) is 39.5 Å². The molecule has 20 heteroatoms. The lowest BCUT2D eigenvalue weighted by Gasteiger charge is -2.46. The van der Waals surface area contributed by atoms with E-state index in [1.807, 2.05) is 0 Å². The number of methoxy groups -OCH3 is 2. The van der Waals surface area contributed by atoms with Gasteiger partial charge in [0.25, 0.3) is 0 Å². The van der Waals surface area contributed by atoms with Crippen LogP contribution in [0, 0.1) is 0 Å². The maximum atomic E-state index is 13.9. The maximum Gasteiger partial charge on any atom is 0.303 e. The predicted molar refractivity (Wildman–Crippen MR) is 204 cm³/mol. The van der Waals surface area contributed by atoms with Gasteiger partial charge in [-0.15, -0.1) is 0 Å². The first-order valence-electron chi connectivity index (χ1n) is 18.8. The van der Waals surface area contributed by atoms with Gasteiger partial charge in [-0.25, -0.2) is 0 Å². The molecule has 2 saturated heterocycles. The van der Waals surface area contributed by atoms with Crippen molar-refractivity contribution in [1.82, 2.24) is 0 Å². The van der Waals surface area contributed by atoms with Crippen LogP contribution in [-0.2, 0) is 71.4 Å². The highest BCUT2D eigenvalue weighted by atomic mass is 16.8. The second-order valence-electron chi connectivity index (χ2n) is 13.8. The summed E-state index contributed by atoms with van der Waals surface area (Å²) in [4.78, 5) is 88.3. The van der Waals surface area contributed by atoms with Gasteiger partial charge in [0, 0.05) is 41.5 Å².